The highest BCUT2D eigenvalue weighted by Crippen LogP contribution is 2.08. The lowest BCUT2D eigenvalue weighted by Crippen LogP contribution is -2.28. The number of anilines is 1. The highest BCUT2D eigenvalue weighted by atomic mass is 32.1. The van der Waals surface area contributed by atoms with Crippen molar-refractivity contribution in [3.63, 3.8) is 0 Å². The lowest BCUT2D eigenvalue weighted by Gasteiger charge is -2.09. The summed E-state index contributed by atoms with van der Waals surface area (Å²) in [7, 11) is 0. The SMILES string of the molecule is CCC(CN)C(=O)Nc1nnns1. The maximum absolute atomic E-state index is 11.4. The Morgan fingerprint density at radius 1 is 1.77 bits per heavy atom. The molecule has 3 N–H and O–H groups in total. The molecule has 0 spiro atoms. The molecule has 6 nitrogen and oxygen atoms in total. The maximum Gasteiger partial charge on any atom is 0.231 e. The van der Waals surface area contributed by atoms with E-state index in [4.69, 9.17) is 5.73 Å². The van der Waals surface area contributed by atoms with Crippen LogP contribution >= 0.6 is 11.5 Å². The molecule has 0 aliphatic carbocycles. The van der Waals surface area contributed by atoms with Crippen LogP contribution in [-0.2, 0) is 4.79 Å². The van der Waals surface area contributed by atoms with Crippen molar-refractivity contribution in [2.24, 2.45) is 11.7 Å². The van der Waals surface area contributed by atoms with Crippen LogP contribution in [0.2, 0.25) is 0 Å². The molecule has 1 atom stereocenters. The van der Waals surface area contributed by atoms with Crippen LogP contribution in [0.3, 0.4) is 0 Å². The first kappa shape index (κ1) is 10.0. The Labute approximate surface area is 79.7 Å². The van der Waals surface area contributed by atoms with E-state index in [1.165, 1.54) is 0 Å². The van der Waals surface area contributed by atoms with Gasteiger partial charge < -0.3 is 5.73 Å². The van der Waals surface area contributed by atoms with Crippen LogP contribution in [-0.4, -0.2) is 27.3 Å². The molecule has 0 bridgehead atoms. The number of rotatable bonds is 4. The van der Waals surface area contributed by atoms with E-state index in [1.807, 2.05) is 6.92 Å². The molecular weight excluding hydrogens is 190 g/mol. The predicted octanol–water partition coefficient (Wildman–Crippen LogP) is -0.144. The number of amides is 1. The van der Waals surface area contributed by atoms with Crippen molar-refractivity contribution in [3.8, 4) is 0 Å². The summed E-state index contributed by atoms with van der Waals surface area (Å²) >= 11 is 1.04. The minimum atomic E-state index is -0.163. The fourth-order valence-electron chi connectivity index (χ4n) is 0.848. The summed E-state index contributed by atoms with van der Waals surface area (Å²) in [6.07, 6.45) is 0.717. The monoisotopic (exact) mass is 201 g/mol. The van der Waals surface area contributed by atoms with Gasteiger partial charge in [-0.3, -0.25) is 10.1 Å². The van der Waals surface area contributed by atoms with Crippen LogP contribution in [0, 0.1) is 5.92 Å². The van der Waals surface area contributed by atoms with Gasteiger partial charge in [-0.05, 0) is 11.6 Å². The lowest BCUT2D eigenvalue weighted by atomic mass is 10.1. The van der Waals surface area contributed by atoms with Gasteiger partial charge in [0, 0.05) is 18.1 Å². The molecule has 0 aliphatic rings. The third kappa shape index (κ3) is 2.71. The Hall–Kier alpha value is -1.08. The topological polar surface area (TPSA) is 93.8 Å². The van der Waals surface area contributed by atoms with Crippen molar-refractivity contribution in [2.75, 3.05) is 11.9 Å². The fourth-order valence-corrected chi connectivity index (χ4v) is 1.22. The number of aromatic nitrogens is 3. The standard InChI is InChI=1S/C6H11N5OS/c1-2-4(3-7)5(12)8-6-9-10-11-13-6/h4H,2-3,7H2,1H3,(H,8,9,11,12). The molecule has 1 unspecified atom stereocenters. The molecule has 0 saturated heterocycles. The third-order valence-corrected chi connectivity index (χ3v) is 2.19. The minimum Gasteiger partial charge on any atom is -0.330 e. The number of nitrogens with one attached hydrogen (secondary N) is 1. The van der Waals surface area contributed by atoms with Crippen LogP contribution in [0.25, 0.3) is 0 Å². The molecule has 0 aromatic carbocycles. The van der Waals surface area contributed by atoms with Crippen molar-refractivity contribution < 1.29 is 4.79 Å². The van der Waals surface area contributed by atoms with E-state index >= 15 is 0 Å². The Morgan fingerprint density at radius 3 is 3.00 bits per heavy atom. The quantitative estimate of drug-likeness (QED) is 0.707. The Kier molecular flexibility index (Phi) is 3.71. The van der Waals surface area contributed by atoms with Gasteiger partial charge in [-0.15, -0.1) is 0 Å². The van der Waals surface area contributed by atoms with Crippen molar-refractivity contribution in [2.45, 2.75) is 13.3 Å². The van der Waals surface area contributed by atoms with E-state index in [0.717, 1.165) is 11.5 Å². The van der Waals surface area contributed by atoms with Gasteiger partial charge in [0.1, 0.15) is 0 Å². The van der Waals surface area contributed by atoms with Gasteiger partial charge >= 0.3 is 0 Å². The zero-order chi connectivity index (χ0) is 9.68. The number of hydrogen-bond acceptors (Lipinski definition) is 6. The number of nitrogens with zero attached hydrogens (tertiary/aromatic N) is 3. The highest BCUT2D eigenvalue weighted by molar-refractivity contribution is 7.09. The van der Waals surface area contributed by atoms with Crippen LogP contribution in [0.4, 0.5) is 5.13 Å². The molecule has 0 radical (unpaired) electrons. The maximum atomic E-state index is 11.4. The van der Waals surface area contributed by atoms with E-state index in [-0.39, 0.29) is 11.8 Å². The van der Waals surface area contributed by atoms with Crippen molar-refractivity contribution in [1.82, 2.24) is 14.8 Å². The summed E-state index contributed by atoms with van der Waals surface area (Å²) in [5.74, 6) is -0.285. The van der Waals surface area contributed by atoms with Gasteiger partial charge in [0.25, 0.3) is 0 Å². The first-order chi connectivity index (χ1) is 6.27. The van der Waals surface area contributed by atoms with E-state index in [2.05, 4.69) is 20.1 Å². The van der Waals surface area contributed by atoms with E-state index in [9.17, 15) is 4.79 Å². The summed E-state index contributed by atoms with van der Waals surface area (Å²) in [6.45, 7) is 2.25. The molecule has 1 rings (SSSR count). The molecule has 13 heavy (non-hydrogen) atoms. The lowest BCUT2D eigenvalue weighted by molar-refractivity contribution is -0.119. The molecule has 72 valence electrons. The smallest absolute Gasteiger partial charge is 0.231 e. The summed E-state index contributed by atoms with van der Waals surface area (Å²) in [6, 6.07) is 0. The molecular formula is C6H11N5OS. The fraction of sp³-hybridized carbons (Fsp3) is 0.667. The van der Waals surface area contributed by atoms with E-state index < -0.39 is 0 Å². The molecule has 1 aromatic heterocycles. The van der Waals surface area contributed by atoms with E-state index in [0.29, 0.717) is 18.1 Å². The second kappa shape index (κ2) is 4.83. The van der Waals surface area contributed by atoms with Crippen LogP contribution in [0.1, 0.15) is 13.3 Å². The molecule has 0 fully saturated rings. The highest BCUT2D eigenvalue weighted by Gasteiger charge is 2.15. The van der Waals surface area contributed by atoms with E-state index in [1.54, 1.807) is 0 Å². The largest absolute Gasteiger partial charge is 0.330 e. The molecule has 0 saturated carbocycles. The zero-order valence-corrected chi connectivity index (χ0v) is 8.04. The second-order valence-corrected chi connectivity index (χ2v) is 3.23. The number of carbonyl (C=O) groups is 1. The Bertz CT molecular complexity index is 258. The Balaban J connectivity index is 2.49. The summed E-state index contributed by atoms with van der Waals surface area (Å²) in [4.78, 5) is 11.4. The van der Waals surface area contributed by atoms with Gasteiger partial charge in [0.05, 0.1) is 5.92 Å². The average Bonchev–Trinajstić information content (AvgIpc) is 2.59. The van der Waals surface area contributed by atoms with Crippen LogP contribution in [0.15, 0.2) is 0 Å². The van der Waals surface area contributed by atoms with Gasteiger partial charge in [-0.2, -0.15) is 0 Å². The predicted molar refractivity (Wildman–Crippen MR) is 49.2 cm³/mol. The van der Waals surface area contributed by atoms with Crippen LogP contribution < -0.4 is 11.1 Å². The molecule has 1 aromatic rings. The van der Waals surface area contributed by atoms with Gasteiger partial charge in [-0.1, -0.05) is 16.5 Å². The average molecular weight is 201 g/mol. The second-order valence-electron chi connectivity index (χ2n) is 2.50. The van der Waals surface area contributed by atoms with Crippen LogP contribution in [0.5, 0.6) is 0 Å². The summed E-state index contributed by atoms with van der Waals surface area (Å²) in [5.41, 5.74) is 5.40. The number of hydrogen-bond donors (Lipinski definition) is 2. The minimum absolute atomic E-state index is 0.122. The third-order valence-electron chi connectivity index (χ3n) is 1.68. The molecule has 0 aliphatic heterocycles. The summed E-state index contributed by atoms with van der Waals surface area (Å²) < 4.78 is 3.52. The molecule has 7 heteroatoms. The first-order valence-electron chi connectivity index (χ1n) is 3.93. The number of carbonyl (C=O) groups excluding carboxylic acids is 1. The molecule has 1 heterocycles. The zero-order valence-electron chi connectivity index (χ0n) is 7.23. The normalized spacial score (nSPS) is 12.5. The van der Waals surface area contributed by atoms with Crippen molar-refractivity contribution >= 4 is 22.6 Å². The van der Waals surface area contributed by atoms with Gasteiger partial charge in [0.2, 0.25) is 11.0 Å². The number of nitrogens with two attached hydrogens (primary N) is 1. The summed E-state index contributed by atoms with van der Waals surface area (Å²) in [5, 5.41) is 9.95. The van der Waals surface area contributed by atoms with Gasteiger partial charge in [-0.25, -0.2) is 0 Å². The first-order valence-corrected chi connectivity index (χ1v) is 4.71. The Morgan fingerprint density at radius 2 is 2.54 bits per heavy atom. The van der Waals surface area contributed by atoms with Crippen molar-refractivity contribution in [1.29, 1.82) is 0 Å². The molecule has 1 amide bonds. The van der Waals surface area contributed by atoms with Crippen molar-refractivity contribution in [3.05, 3.63) is 0 Å². The van der Waals surface area contributed by atoms with Gasteiger partial charge in [0.15, 0.2) is 0 Å².